The summed E-state index contributed by atoms with van der Waals surface area (Å²) in [7, 11) is 0. The summed E-state index contributed by atoms with van der Waals surface area (Å²) < 4.78 is 16.6. The molecule has 198 valence electrons. The number of aliphatic hydroxyl groups excluding tert-OH is 4. The molecule has 0 saturated carbocycles. The van der Waals surface area contributed by atoms with Crippen LogP contribution in [0.4, 0.5) is 0 Å². The number of carbonyl (C=O) groups is 1. The summed E-state index contributed by atoms with van der Waals surface area (Å²) in [5, 5.41) is 38.7. The molecule has 1 fully saturated rings. The van der Waals surface area contributed by atoms with Crippen molar-refractivity contribution < 1.29 is 39.4 Å². The van der Waals surface area contributed by atoms with Crippen molar-refractivity contribution in [3.05, 3.63) is 23.8 Å². The summed E-state index contributed by atoms with van der Waals surface area (Å²) in [5.74, 6) is 0.164. The van der Waals surface area contributed by atoms with Crippen LogP contribution < -0.4 is 0 Å². The van der Waals surface area contributed by atoms with Gasteiger partial charge in [-0.2, -0.15) is 0 Å². The minimum atomic E-state index is -1.28. The SMILES string of the molecule is C=C(CC)[C@H](C)C[C@@H](C[C@@H](C)C[C@@H](C)[C@H](C)O)OC(=O)/C=C(\C)CO[C@H]1O[C@H](CO)[C@@H](O)[C@H]1O. The van der Waals surface area contributed by atoms with Crippen molar-refractivity contribution in [3.8, 4) is 0 Å². The van der Waals surface area contributed by atoms with Crippen LogP contribution in [0.5, 0.6) is 0 Å². The van der Waals surface area contributed by atoms with Crippen LogP contribution in [0.15, 0.2) is 23.8 Å². The van der Waals surface area contributed by atoms with E-state index in [0.29, 0.717) is 18.4 Å². The van der Waals surface area contributed by atoms with E-state index < -0.39 is 37.2 Å². The van der Waals surface area contributed by atoms with Gasteiger partial charge in [0, 0.05) is 6.08 Å². The van der Waals surface area contributed by atoms with Crippen LogP contribution in [0.1, 0.15) is 67.2 Å². The Kier molecular flexibility index (Phi) is 13.5. The Bertz CT molecular complexity index is 661. The van der Waals surface area contributed by atoms with Gasteiger partial charge in [-0.3, -0.25) is 0 Å². The van der Waals surface area contributed by atoms with Crippen molar-refractivity contribution in [1.82, 2.24) is 0 Å². The Morgan fingerprint density at radius 1 is 1.12 bits per heavy atom. The molecule has 0 aromatic rings. The fraction of sp³-hybridized carbons (Fsp3) is 0.808. The molecule has 0 aromatic carbocycles. The van der Waals surface area contributed by atoms with Crippen LogP contribution in [0.25, 0.3) is 0 Å². The molecule has 0 unspecified atom stereocenters. The maximum absolute atomic E-state index is 12.6. The molecule has 0 aliphatic carbocycles. The third kappa shape index (κ3) is 10.1. The largest absolute Gasteiger partial charge is 0.459 e. The van der Waals surface area contributed by atoms with Crippen molar-refractivity contribution >= 4 is 5.97 Å². The van der Waals surface area contributed by atoms with Gasteiger partial charge in [0.05, 0.1) is 19.3 Å². The van der Waals surface area contributed by atoms with Gasteiger partial charge in [0.2, 0.25) is 0 Å². The van der Waals surface area contributed by atoms with Gasteiger partial charge in [-0.15, -0.1) is 0 Å². The Balaban J connectivity index is 2.72. The first-order chi connectivity index (χ1) is 15.9. The maximum atomic E-state index is 12.6. The fourth-order valence-corrected chi connectivity index (χ4v) is 4.14. The van der Waals surface area contributed by atoms with E-state index >= 15 is 0 Å². The summed E-state index contributed by atoms with van der Waals surface area (Å²) in [4.78, 5) is 12.6. The van der Waals surface area contributed by atoms with Gasteiger partial charge in [0.15, 0.2) is 6.29 Å². The fourth-order valence-electron chi connectivity index (χ4n) is 4.14. The third-order valence-corrected chi connectivity index (χ3v) is 6.65. The van der Waals surface area contributed by atoms with Gasteiger partial charge in [-0.25, -0.2) is 4.79 Å². The van der Waals surface area contributed by atoms with E-state index in [-0.39, 0.29) is 36.6 Å². The standard InChI is InChI=1S/C26H46O8/c1-8-17(4)18(5)12-21(10-15(2)9-19(6)20(7)28)33-23(29)11-16(3)14-32-26-25(31)24(30)22(13-27)34-26/h11,15,18-22,24-28,30-31H,4,8-10,12-14H2,1-3,5-7H3/b16-11+/t15-,18+,19+,20-,21+,22+,24+,25+,26-/m0/s1. The topological polar surface area (TPSA) is 126 Å². The summed E-state index contributed by atoms with van der Waals surface area (Å²) in [6, 6.07) is 0. The number of hydrogen-bond acceptors (Lipinski definition) is 8. The molecule has 4 N–H and O–H groups in total. The molecule has 0 amide bonds. The predicted octanol–water partition coefficient (Wildman–Crippen LogP) is 2.73. The quantitative estimate of drug-likeness (QED) is 0.158. The lowest BCUT2D eigenvalue weighted by Crippen LogP contribution is -2.34. The van der Waals surface area contributed by atoms with Crippen LogP contribution in [0.3, 0.4) is 0 Å². The zero-order valence-corrected chi connectivity index (χ0v) is 21.6. The van der Waals surface area contributed by atoms with E-state index in [1.54, 1.807) is 13.8 Å². The van der Waals surface area contributed by atoms with Crippen LogP contribution >= 0.6 is 0 Å². The summed E-state index contributed by atoms with van der Waals surface area (Å²) in [6.07, 6.45) is -0.745. The first-order valence-corrected chi connectivity index (χ1v) is 12.4. The molecule has 0 radical (unpaired) electrons. The first kappa shape index (κ1) is 30.7. The molecular weight excluding hydrogens is 440 g/mol. The highest BCUT2D eigenvalue weighted by Crippen LogP contribution is 2.27. The molecule has 1 aliphatic heterocycles. The number of aliphatic hydroxyl groups is 4. The summed E-state index contributed by atoms with van der Waals surface area (Å²) >= 11 is 0. The Hall–Kier alpha value is -1.29. The van der Waals surface area contributed by atoms with Gasteiger partial charge >= 0.3 is 5.97 Å². The number of allylic oxidation sites excluding steroid dienone is 1. The van der Waals surface area contributed by atoms with E-state index in [9.17, 15) is 20.1 Å². The average Bonchev–Trinajstić information content (AvgIpc) is 3.04. The number of esters is 1. The number of hydrogen-bond donors (Lipinski definition) is 4. The van der Waals surface area contributed by atoms with E-state index in [2.05, 4.69) is 27.4 Å². The Morgan fingerprint density at radius 2 is 1.76 bits per heavy atom. The minimum absolute atomic E-state index is 0.00227. The predicted molar refractivity (Wildman–Crippen MR) is 130 cm³/mol. The van der Waals surface area contributed by atoms with Gasteiger partial charge in [-0.05, 0) is 62.9 Å². The Labute approximate surface area is 204 Å². The van der Waals surface area contributed by atoms with Crippen LogP contribution in [0, 0.1) is 17.8 Å². The van der Waals surface area contributed by atoms with Crippen LogP contribution in [-0.4, -0.2) is 76.4 Å². The lowest BCUT2D eigenvalue weighted by molar-refractivity contribution is -0.164. The second kappa shape index (κ2) is 15.0. The van der Waals surface area contributed by atoms with E-state index in [4.69, 9.17) is 19.3 Å². The molecule has 0 spiro atoms. The van der Waals surface area contributed by atoms with E-state index in [0.717, 1.165) is 18.4 Å². The van der Waals surface area contributed by atoms with Crippen LogP contribution in [-0.2, 0) is 19.0 Å². The van der Waals surface area contributed by atoms with Crippen molar-refractivity contribution in [2.24, 2.45) is 17.8 Å². The number of ether oxygens (including phenoxy) is 3. The second-order valence-electron chi connectivity index (χ2n) is 10.0. The molecule has 1 saturated heterocycles. The second-order valence-corrected chi connectivity index (χ2v) is 10.0. The third-order valence-electron chi connectivity index (χ3n) is 6.65. The lowest BCUT2D eigenvalue weighted by Gasteiger charge is -2.26. The van der Waals surface area contributed by atoms with Gasteiger partial charge < -0.3 is 34.6 Å². The molecule has 1 rings (SSSR count). The minimum Gasteiger partial charge on any atom is -0.459 e. The highest BCUT2D eigenvalue weighted by molar-refractivity contribution is 5.82. The molecule has 34 heavy (non-hydrogen) atoms. The van der Waals surface area contributed by atoms with Crippen molar-refractivity contribution in [2.45, 2.75) is 104 Å². The maximum Gasteiger partial charge on any atom is 0.331 e. The van der Waals surface area contributed by atoms with E-state index in [1.165, 1.54) is 6.08 Å². The first-order valence-electron chi connectivity index (χ1n) is 12.4. The summed E-state index contributed by atoms with van der Waals surface area (Å²) in [6.45, 7) is 15.4. The van der Waals surface area contributed by atoms with E-state index in [1.807, 2.05) is 6.92 Å². The lowest BCUT2D eigenvalue weighted by atomic mass is 9.86. The van der Waals surface area contributed by atoms with Gasteiger partial charge in [0.25, 0.3) is 0 Å². The molecule has 0 bridgehead atoms. The Morgan fingerprint density at radius 3 is 2.29 bits per heavy atom. The van der Waals surface area contributed by atoms with Gasteiger partial charge in [0.1, 0.15) is 24.4 Å². The molecule has 8 nitrogen and oxygen atoms in total. The zero-order chi connectivity index (χ0) is 26.0. The summed E-state index contributed by atoms with van der Waals surface area (Å²) in [5.41, 5.74) is 1.69. The molecule has 1 aliphatic rings. The normalized spacial score (nSPS) is 27.6. The van der Waals surface area contributed by atoms with Crippen molar-refractivity contribution in [3.63, 3.8) is 0 Å². The highest BCUT2D eigenvalue weighted by Gasteiger charge is 2.43. The van der Waals surface area contributed by atoms with Crippen LogP contribution in [0.2, 0.25) is 0 Å². The monoisotopic (exact) mass is 486 g/mol. The number of carbonyl (C=O) groups excluding carboxylic acids is 1. The smallest absolute Gasteiger partial charge is 0.331 e. The van der Waals surface area contributed by atoms with Crippen molar-refractivity contribution in [2.75, 3.05) is 13.2 Å². The van der Waals surface area contributed by atoms with Gasteiger partial charge in [-0.1, -0.05) is 39.8 Å². The molecule has 0 aromatic heterocycles. The van der Waals surface area contributed by atoms with Crippen molar-refractivity contribution in [1.29, 1.82) is 0 Å². The highest BCUT2D eigenvalue weighted by atomic mass is 16.7. The zero-order valence-electron chi connectivity index (χ0n) is 21.6. The number of rotatable bonds is 15. The molecule has 8 heteroatoms. The average molecular weight is 487 g/mol. The molecule has 1 heterocycles. The molecular formula is C26H46O8. The molecule has 9 atom stereocenters.